The van der Waals surface area contributed by atoms with E-state index in [0.717, 1.165) is 12.8 Å². The zero-order valence-corrected chi connectivity index (χ0v) is 16.1. The number of aliphatic hydroxyl groups is 1. The van der Waals surface area contributed by atoms with Crippen molar-refractivity contribution in [3.05, 3.63) is 0 Å². The van der Waals surface area contributed by atoms with Gasteiger partial charge in [-0.3, -0.25) is 0 Å². The molecule has 0 saturated heterocycles. The predicted octanol–water partition coefficient (Wildman–Crippen LogP) is 4.92. The molecule has 0 amide bonds. The summed E-state index contributed by atoms with van der Waals surface area (Å²) in [5.41, 5.74) is 0. The fraction of sp³-hybridized carbons (Fsp3) is 0.944. The van der Waals surface area contributed by atoms with Gasteiger partial charge in [0.15, 0.2) is 6.10 Å². The van der Waals surface area contributed by atoms with E-state index in [2.05, 4.69) is 6.92 Å². The Morgan fingerprint density at radius 2 is 1.05 bits per heavy atom. The van der Waals surface area contributed by atoms with E-state index in [1.165, 1.54) is 77.0 Å². The van der Waals surface area contributed by atoms with Gasteiger partial charge in [-0.1, -0.05) is 96.8 Å². The Morgan fingerprint density at radius 1 is 0.727 bits per heavy atom. The van der Waals surface area contributed by atoms with Gasteiger partial charge in [0.1, 0.15) is 0 Å². The summed E-state index contributed by atoms with van der Waals surface area (Å²) in [7, 11) is 0. The van der Waals surface area contributed by atoms with Crippen molar-refractivity contribution in [1.82, 2.24) is 0 Å². The molecular weight excluding hydrogens is 288 g/mol. The molecule has 4 heteroatoms. The summed E-state index contributed by atoms with van der Waals surface area (Å²) in [5.74, 6) is -1.09. The molecule has 1 atom stereocenters. The Labute approximate surface area is 153 Å². The van der Waals surface area contributed by atoms with Crippen molar-refractivity contribution in [2.45, 2.75) is 109 Å². The van der Waals surface area contributed by atoms with Crippen molar-refractivity contribution in [3.8, 4) is 0 Å². The summed E-state index contributed by atoms with van der Waals surface area (Å²) in [6.07, 6.45) is 17.3. The smallest absolute Gasteiger partial charge is 0.332 e. The summed E-state index contributed by atoms with van der Waals surface area (Å²) < 4.78 is 0. The fourth-order valence-corrected chi connectivity index (χ4v) is 2.66. The second-order valence-corrected chi connectivity index (χ2v) is 6.24. The Hall–Kier alpha value is 0.196. The number of rotatable bonds is 16. The number of carbonyl (C=O) groups is 1. The third-order valence-electron chi connectivity index (χ3n) is 4.12. The second kappa shape index (κ2) is 19.2. The first-order chi connectivity index (χ1) is 10.2. The average molecular weight is 325 g/mol. The van der Waals surface area contributed by atoms with E-state index in [-0.39, 0.29) is 23.1 Å². The van der Waals surface area contributed by atoms with Crippen molar-refractivity contribution in [2.24, 2.45) is 0 Å². The van der Waals surface area contributed by atoms with Crippen LogP contribution in [0.25, 0.3) is 0 Å². The van der Waals surface area contributed by atoms with E-state index < -0.39 is 12.1 Å². The first-order valence-corrected chi connectivity index (χ1v) is 9.09. The van der Waals surface area contributed by atoms with Crippen LogP contribution in [0.4, 0.5) is 0 Å². The summed E-state index contributed by atoms with van der Waals surface area (Å²) in [6.45, 7) is 2.26. The topological polar surface area (TPSA) is 57.5 Å². The lowest BCUT2D eigenvalue weighted by Gasteiger charge is -2.05. The van der Waals surface area contributed by atoms with Crippen LogP contribution in [0.3, 0.4) is 0 Å². The molecule has 2 N–H and O–H groups in total. The molecule has 1 unspecified atom stereocenters. The van der Waals surface area contributed by atoms with Crippen molar-refractivity contribution in [1.29, 1.82) is 0 Å². The first-order valence-electron chi connectivity index (χ1n) is 9.09. The molecule has 0 fully saturated rings. The monoisotopic (exact) mass is 324 g/mol. The number of unbranched alkanes of at least 4 members (excludes halogenated alkanes) is 13. The Morgan fingerprint density at radius 3 is 1.36 bits per heavy atom. The third-order valence-corrected chi connectivity index (χ3v) is 4.12. The van der Waals surface area contributed by atoms with Crippen LogP contribution in [0, 0.1) is 0 Å². The fourth-order valence-electron chi connectivity index (χ4n) is 2.66. The molecule has 0 aliphatic rings. The molecule has 0 saturated carbocycles. The SMILES string of the molecule is CCCCCCCCCCCCCCCCC(O)C(=O)O.[Mg]. The molecule has 0 aliphatic heterocycles. The van der Waals surface area contributed by atoms with Crippen molar-refractivity contribution in [3.63, 3.8) is 0 Å². The van der Waals surface area contributed by atoms with Crippen LogP contribution in [0.2, 0.25) is 0 Å². The average Bonchev–Trinajstić information content (AvgIpc) is 2.47. The van der Waals surface area contributed by atoms with Crippen LogP contribution >= 0.6 is 0 Å². The maximum Gasteiger partial charge on any atom is 0.332 e. The molecule has 22 heavy (non-hydrogen) atoms. The first kappa shape index (κ1) is 24.4. The van der Waals surface area contributed by atoms with Gasteiger partial charge in [0.05, 0.1) is 0 Å². The molecular formula is C18H36MgO3. The van der Waals surface area contributed by atoms with Crippen LogP contribution in [0.15, 0.2) is 0 Å². The largest absolute Gasteiger partial charge is 0.479 e. The molecule has 0 rings (SSSR count). The molecule has 0 heterocycles. The number of carboxylic acids is 1. The molecule has 0 bridgehead atoms. The molecule has 0 aromatic carbocycles. The Kier molecular flexibility index (Phi) is 21.4. The highest BCUT2D eigenvalue weighted by molar-refractivity contribution is 5.75. The molecule has 3 nitrogen and oxygen atoms in total. The number of hydrogen-bond acceptors (Lipinski definition) is 2. The zero-order chi connectivity index (χ0) is 15.8. The van der Waals surface area contributed by atoms with Crippen LogP contribution in [0.5, 0.6) is 0 Å². The molecule has 0 aliphatic carbocycles. The number of hydrogen-bond donors (Lipinski definition) is 2. The van der Waals surface area contributed by atoms with E-state index in [1.807, 2.05) is 0 Å². The van der Waals surface area contributed by atoms with E-state index in [0.29, 0.717) is 6.42 Å². The van der Waals surface area contributed by atoms with E-state index in [1.54, 1.807) is 0 Å². The lowest BCUT2D eigenvalue weighted by molar-refractivity contribution is -0.146. The normalized spacial score (nSPS) is 11.9. The summed E-state index contributed by atoms with van der Waals surface area (Å²) in [4.78, 5) is 10.4. The zero-order valence-electron chi connectivity index (χ0n) is 14.7. The van der Waals surface area contributed by atoms with Gasteiger partial charge in [-0.05, 0) is 6.42 Å². The highest BCUT2D eigenvalue weighted by atomic mass is 24.3. The quantitative estimate of drug-likeness (QED) is 0.313. The molecule has 0 aromatic heterocycles. The Bertz CT molecular complexity index is 234. The van der Waals surface area contributed by atoms with Gasteiger partial charge in [0.2, 0.25) is 0 Å². The highest BCUT2D eigenvalue weighted by Crippen LogP contribution is 2.13. The molecule has 128 valence electrons. The van der Waals surface area contributed by atoms with Crippen LogP contribution < -0.4 is 0 Å². The number of aliphatic carboxylic acids is 1. The van der Waals surface area contributed by atoms with Crippen molar-refractivity contribution >= 4 is 29.0 Å². The summed E-state index contributed by atoms with van der Waals surface area (Å²) in [6, 6.07) is 0. The minimum atomic E-state index is -1.16. The third kappa shape index (κ3) is 18.2. The van der Waals surface area contributed by atoms with Crippen molar-refractivity contribution in [2.75, 3.05) is 0 Å². The second-order valence-electron chi connectivity index (χ2n) is 6.24. The van der Waals surface area contributed by atoms with Gasteiger partial charge in [-0.2, -0.15) is 0 Å². The predicted molar refractivity (Wildman–Crippen MR) is 94.3 cm³/mol. The van der Waals surface area contributed by atoms with Crippen LogP contribution in [-0.2, 0) is 4.79 Å². The maximum absolute atomic E-state index is 10.4. The van der Waals surface area contributed by atoms with Crippen LogP contribution in [0.1, 0.15) is 103 Å². The van der Waals surface area contributed by atoms with Gasteiger partial charge in [0.25, 0.3) is 0 Å². The van der Waals surface area contributed by atoms with Gasteiger partial charge < -0.3 is 10.2 Å². The number of carboxylic acid groups (broad SMARTS) is 1. The highest BCUT2D eigenvalue weighted by Gasteiger charge is 2.11. The van der Waals surface area contributed by atoms with Gasteiger partial charge in [-0.15, -0.1) is 0 Å². The summed E-state index contributed by atoms with van der Waals surface area (Å²) >= 11 is 0. The molecule has 2 radical (unpaired) electrons. The minimum absolute atomic E-state index is 0. The van der Waals surface area contributed by atoms with E-state index in [9.17, 15) is 4.79 Å². The standard InChI is InChI=1S/C18H36O3.Mg/c1-2-3-4-5-6-7-8-9-10-11-12-13-14-15-16-17(19)18(20)21;/h17,19H,2-16H2,1H3,(H,20,21);. The van der Waals surface area contributed by atoms with Gasteiger partial charge >= 0.3 is 5.97 Å². The Balaban J connectivity index is 0. The minimum Gasteiger partial charge on any atom is -0.479 e. The number of aliphatic hydroxyl groups excluding tert-OH is 1. The molecule has 0 spiro atoms. The van der Waals surface area contributed by atoms with E-state index in [4.69, 9.17) is 10.2 Å². The van der Waals surface area contributed by atoms with Crippen molar-refractivity contribution < 1.29 is 15.0 Å². The molecule has 0 aromatic rings. The van der Waals surface area contributed by atoms with Crippen LogP contribution in [-0.4, -0.2) is 45.3 Å². The van der Waals surface area contributed by atoms with Gasteiger partial charge in [0, 0.05) is 23.1 Å². The van der Waals surface area contributed by atoms with E-state index >= 15 is 0 Å². The lowest BCUT2D eigenvalue weighted by Crippen LogP contribution is -2.18. The van der Waals surface area contributed by atoms with Gasteiger partial charge in [-0.25, -0.2) is 4.79 Å². The summed E-state index contributed by atoms with van der Waals surface area (Å²) in [5, 5.41) is 17.7. The lowest BCUT2D eigenvalue weighted by atomic mass is 10.0. The maximum atomic E-state index is 10.4.